The lowest BCUT2D eigenvalue weighted by molar-refractivity contribution is -0.385. The Labute approximate surface area is 175 Å². The van der Waals surface area contributed by atoms with Gasteiger partial charge < -0.3 is 10.1 Å². The van der Waals surface area contributed by atoms with Gasteiger partial charge in [0.2, 0.25) is 0 Å². The zero-order valence-corrected chi connectivity index (χ0v) is 16.6. The van der Waals surface area contributed by atoms with Crippen molar-refractivity contribution in [2.75, 3.05) is 12.4 Å². The van der Waals surface area contributed by atoms with Gasteiger partial charge in [-0.25, -0.2) is 0 Å². The van der Waals surface area contributed by atoms with Crippen LogP contribution in [0.4, 0.5) is 11.4 Å². The van der Waals surface area contributed by atoms with E-state index < -0.39 is 0 Å². The number of ether oxygens (including phenoxy) is 1. The molecule has 0 saturated carbocycles. The number of nitro groups is 1. The molecule has 0 unspecified atom stereocenters. The summed E-state index contributed by atoms with van der Waals surface area (Å²) in [6.45, 7) is 0. The maximum atomic E-state index is 11.5. The number of nitrogens with one attached hydrogen (secondary N) is 1. The van der Waals surface area contributed by atoms with Crippen molar-refractivity contribution in [3.05, 3.63) is 100 Å². The van der Waals surface area contributed by atoms with Crippen molar-refractivity contribution in [3.8, 4) is 16.9 Å². The summed E-state index contributed by atoms with van der Waals surface area (Å²) in [7, 11) is 1.46. The van der Waals surface area contributed by atoms with Crippen molar-refractivity contribution in [1.82, 2.24) is 0 Å². The number of hydrogen-bond acceptors (Lipinski definition) is 4. The van der Waals surface area contributed by atoms with Crippen LogP contribution in [0.25, 0.3) is 11.1 Å². The molecule has 0 aromatic heterocycles. The lowest BCUT2D eigenvalue weighted by atomic mass is 9.76. The molecule has 0 spiro atoms. The Morgan fingerprint density at radius 2 is 1.87 bits per heavy atom. The number of fused-ring (bicyclic) bond motifs is 3. The second-order valence-corrected chi connectivity index (χ2v) is 7.83. The average Bonchev–Trinajstić information content (AvgIpc) is 3.28. The minimum atomic E-state index is -0.379. The highest BCUT2D eigenvalue weighted by Crippen LogP contribution is 2.51. The highest BCUT2D eigenvalue weighted by atomic mass is 16.6. The first kappa shape index (κ1) is 18.4. The van der Waals surface area contributed by atoms with Gasteiger partial charge in [0.05, 0.1) is 18.1 Å². The van der Waals surface area contributed by atoms with Crippen LogP contribution >= 0.6 is 0 Å². The number of allylic oxidation sites excluding steroid dienone is 2. The quantitative estimate of drug-likeness (QED) is 0.328. The number of benzene rings is 3. The molecule has 1 N–H and O–H groups in total. The van der Waals surface area contributed by atoms with Crippen molar-refractivity contribution >= 4 is 11.4 Å². The van der Waals surface area contributed by atoms with Crippen LogP contribution in [0.2, 0.25) is 0 Å². The number of rotatable bonds is 4. The standard InChI is InChI=1S/C25H22N2O3/c1-30-24-13-11-18(15-23(24)27(28)29)25-20-9-5-8-19(20)21-14-17(10-12-22(21)26-25)16-6-3-2-4-7-16/h2-8,10-15,19-20,25-26H,9H2,1H3/t19-,20+,25+/m1/s1. The van der Waals surface area contributed by atoms with Crippen LogP contribution in [0.3, 0.4) is 0 Å². The monoisotopic (exact) mass is 398 g/mol. The van der Waals surface area contributed by atoms with Crippen LogP contribution in [0.1, 0.15) is 29.5 Å². The third-order valence-electron chi connectivity index (χ3n) is 6.23. The summed E-state index contributed by atoms with van der Waals surface area (Å²) < 4.78 is 5.17. The molecule has 5 rings (SSSR count). The lowest BCUT2D eigenvalue weighted by Gasteiger charge is -2.37. The predicted molar refractivity (Wildman–Crippen MR) is 118 cm³/mol. The highest BCUT2D eigenvalue weighted by molar-refractivity contribution is 5.71. The Kier molecular flexibility index (Phi) is 4.51. The van der Waals surface area contributed by atoms with Gasteiger partial charge >= 0.3 is 5.69 Å². The molecule has 3 aromatic rings. The zero-order valence-electron chi connectivity index (χ0n) is 16.6. The van der Waals surface area contributed by atoms with Gasteiger partial charge in [-0.3, -0.25) is 10.1 Å². The third kappa shape index (κ3) is 3.03. The van der Waals surface area contributed by atoms with Crippen molar-refractivity contribution in [2.45, 2.75) is 18.4 Å². The molecule has 3 atom stereocenters. The summed E-state index contributed by atoms with van der Waals surface area (Å²) in [6, 6.07) is 22.2. The number of hydrogen-bond donors (Lipinski definition) is 1. The average molecular weight is 398 g/mol. The summed E-state index contributed by atoms with van der Waals surface area (Å²) >= 11 is 0. The molecule has 0 radical (unpaired) electrons. The maximum Gasteiger partial charge on any atom is 0.311 e. The molecule has 30 heavy (non-hydrogen) atoms. The van der Waals surface area contributed by atoms with Crippen LogP contribution in [-0.4, -0.2) is 12.0 Å². The van der Waals surface area contributed by atoms with E-state index in [1.54, 1.807) is 12.1 Å². The summed E-state index contributed by atoms with van der Waals surface area (Å²) in [6.07, 6.45) is 5.45. The van der Waals surface area contributed by atoms with E-state index in [0.717, 1.165) is 17.7 Å². The molecule has 0 saturated heterocycles. The molecule has 150 valence electrons. The first-order chi connectivity index (χ1) is 14.7. The third-order valence-corrected chi connectivity index (χ3v) is 6.23. The van der Waals surface area contributed by atoms with E-state index in [-0.39, 0.29) is 28.3 Å². The van der Waals surface area contributed by atoms with Crippen LogP contribution < -0.4 is 10.1 Å². The van der Waals surface area contributed by atoms with E-state index in [1.165, 1.54) is 23.8 Å². The second-order valence-electron chi connectivity index (χ2n) is 7.83. The summed E-state index contributed by atoms with van der Waals surface area (Å²) in [5, 5.41) is 15.2. The van der Waals surface area contributed by atoms with E-state index in [0.29, 0.717) is 5.92 Å². The number of nitrogens with zero attached hydrogens (tertiary/aromatic N) is 1. The van der Waals surface area contributed by atoms with Crippen molar-refractivity contribution in [1.29, 1.82) is 0 Å². The Morgan fingerprint density at radius 1 is 1.03 bits per heavy atom. The molecule has 5 heteroatoms. The Bertz CT molecular complexity index is 1140. The fourth-order valence-corrected chi connectivity index (χ4v) is 4.78. The Morgan fingerprint density at radius 3 is 2.63 bits per heavy atom. The number of anilines is 1. The Hall–Kier alpha value is -3.60. The van der Waals surface area contributed by atoms with Gasteiger partial charge in [0, 0.05) is 17.7 Å². The second kappa shape index (κ2) is 7.34. The highest BCUT2D eigenvalue weighted by Gasteiger charge is 2.38. The van der Waals surface area contributed by atoms with Gasteiger partial charge in [0.1, 0.15) is 0 Å². The van der Waals surface area contributed by atoms with Crippen LogP contribution in [0, 0.1) is 16.0 Å². The Balaban J connectivity index is 1.55. The van der Waals surface area contributed by atoms with E-state index in [2.05, 4.69) is 59.9 Å². The summed E-state index contributed by atoms with van der Waals surface area (Å²) in [5.74, 6) is 0.890. The van der Waals surface area contributed by atoms with Gasteiger partial charge in [-0.1, -0.05) is 54.6 Å². The zero-order chi connectivity index (χ0) is 20.7. The van der Waals surface area contributed by atoms with Gasteiger partial charge in [0.25, 0.3) is 0 Å². The van der Waals surface area contributed by atoms with E-state index >= 15 is 0 Å². The van der Waals surface area contributed by atoms with Gasteiger partial charge in [0.15, 0.2) is 5.75 Å². The van der Waals surface area contributed by atoms with Crippen molar-refractivity contribution in [3.63, 3.8) is 0 Å². The molecule has 0 amide bonds. The van der Waals surface area contributed by atoms with Crippen molar-refractivity contribution in [2.24, 2.45) is 5.92 Å². The first-order valence-corrected chi connectivity index (χ1v) is 10.1. The molecule has 0 bridgehead atoms. The fourth-order valence-electron chi connectivity index (χ4n) is 4.78. The molecule has 1 aliphatic heterocycles. The van der Waals surface area contributed by atoms with E-state index in [1.807, 2.05) is 12.1 Å². The van der Waals surface area contributed by atoms with Gasteiger partial charge in [-0.05, 0) is 52.8 Å². The molecular formula is C25H22N2O3. The molecule has 2 aliphatic rings. The fraction of sp³-hybridized carbons (Fsp3) is 0.200. The molecule has 1 heterocycles. The molecule has 0 fully saturated rings. The van der Waals surface area contributed by atoms with Gasteiger partial charge in [-0.2, -0.15) is 0 Å². The van der Waals surface area contributed by atoms with E-state index in [4.69, 9.17) is 4.74 Å². The number of methoxy groups -OCH3 is 1. The number of nitro benzene ring substituents is 1. The lowest BCUT2D eigenvalue weighted by Crippen LogP contribution is -2.29. The largest absolute Gasteiger partial charge is 0.490 e. The molecular weight excluding hydrogens is 376 g/mol. The first-order valence-electron chi connectivity index (χ1n) is 10.1. The predicted octanol–water partition coefficient (Wildman–Crippen LogP) is 6.10. The molecule has 3 aromatic carbocycles. The normalized spacial score (nSPS) is 21.4. The minimum Gasteiger partial charge on any atom is -0.490 e. The smallest absolute Gasteiger partial charge is 0.311 e. The van der Waals surface area contributed by atoms with E-state index in [9.17, 15) is 10.1 Å². The molecule has 5 nitrogen and oxygen atoms in total. The topological polar surface area (TPSA) is 64.4 Å². The SMILES string of the molecule is COc1ccc([C@@H]2Nc3ccc(-c4ccccc4)cc3[C@@H]3C=CC[C@@H]32)cc1[N+](=O)[O-]. The van der Waals surface area contributed by atoms with Crippen molar-refractivity contribution < 1.29 is 9.66 Å². The minimum absolute atomic E-state index is 0.00419. The summed E-state index contributed by atoms with van der Waals surface area (Å²) in [4.78, 5) is 11.1. The van der Waals surface area contributed by atoms with Gasteiger partial charge in [-0.15, -0.1) is 0 Å². The summed E-state index contributed by atoms with van der Waals surface area (Å²) in [5.41, 5.74) is 5.70. The van der Waals surface area contributed by atoms with Crippen LogP contribution in [0.15, 0.2) is 78.9 Å². The maximum absolute atomic E-state index is 11.5. The molecule has 1 aliphatic carbocycles. The van der Waals surface area contributed by atoms with Crippen LogP contribution in [0.5, 0.6) is 5.75 Å². The van der Waals surface area contributed by atoms with Crippen LogP contribution in [-0.2, 0) is 0 Å².